The molecule has 0 unspecified atom stereocenters. The molecule has 0 radical (unpaired) electrons. The summed E-state index contributed by atoms with van der Waals surface area (Å²) in [4.78, 5) is 11.9. The monoisotopic (exact) mass is 406 g/mol. The van der Waals surface area contributed by atoms with E-state index in [2.05, 4.69) is 26.0 Å². The first-order chi connectivity index (χ1) is 14.3. The summed E-state index contributed by atoms with van der Waals surface area (Å²) in [6.07, 6.45) is 34.2. The predicted molar refractivity (Wildman–Crippen MR) is 132 cm³/mol. The van der Waals surface area contributed by atoms with E-state index in [0.717, 1.165) is 25.7 Å². The zero-order chi connectivity index (χ0) is 21.3. The maximum absolute atomic E-state index is 11.9. The molecule has 0 aromatic carbocycles. The summed E-state index contributed by atoms with van der Waals surface area (Å²) in [5, 5.41) is 0. The van der Waals surface area contributed by atoms with Gasteiger partial charge in [0, 0.05) is 12.8 Å². The zero-order valence-corrected chi connectivity index (χ0v) is 20.3. The Bertz CT molecular complexity index is 344. The molecule has 0 heterocycles. The second-order valence-corrected chi connectivity index (χ2v) is 9.10. The maximum Gasteiger partial charge on any atom is 0.132 e. The lowest BCUT2D eigenvalue weighted by Crippen LogP contribution is -1.97. The normalized spacial score (nSPS) is 11.5. The van der Waals surface area contributed by atoms with Crippen LogP contribution in [0.4, 0.5) is 0 Å². The third-order valence-corrected chi connectivity index (χ3v) is 6.03. The van der Waals surface area contributed by atoms with Crippen molar-refractivity contribution in [3.63, 3.8) is 0 Å². The summed E-state index contributed by atoms with van der Waals surface area (Å²) in [7, 11) is 0. The predicted octanol–water partition coefficient (Wildman–Crippen LogP) is 10.1. The van der Waals surface area contributed by atoms with Crippen LogP contribution in [0.25, 0.3) is 0 Å². The Kier molecular flexibility index (Phi) is 24.9. The number of carbonyl (C=O) groups excluding carboxylic acids is 1. The molecule has 0 rings (SSSR count). The van der Waals surface area contributed by atoms with Crippen LogP contribution in [0.15, 0.2) is 12.2 Å². The summed E-state index contributed by atoms with van der Waals surface area (Å²) in [6.45, 7) is 4.53. The lowest BCUT2D eigenvalue weighted by molar-refractivity contribution is -0.119. The van der Waals surface area contributed by atoms with E-state index < -0.39 is 0 Å². The van der Waals surface area contributed by atoms with Crippen LogP contribution in [0, 0.1) is 0 Å². The highest BCUT2D eigenvalue weighted by atomic mass is 16.1. The van der Waals surface area contributed by atoms with Gasteiger partial charge in [0.15, 0.2) is 0 Å². The van der Waals surface area contributed by atoms with Crippen LogP contribution in [-0.2, 0) is 4.79 Å². The Labute approximate surface area is 184 Å². The van der Waals surface area contributed by atoms with E-state index >= 15 is 0 Å². The highest BCUT2D eigenvalue weighted by Gasteiger charge is 2.01. The fourth-order valence-corrected chi connectivity index (χ4v) is 3.97. The molecule has 0 atom stereocenters. The first-order valence-electron chi connectivity index (χ1n) is 13.5. The number of hydrogen-bond donors (Lipinski definition) is 0. The van der Waals surface area contributed by atoms with E-state index in [1.54, 1.807) is 0 Å². The Morgan fingerprint density at radius 3 is 1.14 bits per heavy atom. The van der Waals surface area contributed by atoms with Crippen molar-refractivity contribution in [2.75, 3.05) is 0 Å². The molecule has 0 bridgehead atoms. The van der Waals surface area contributed by atoms with Crippen LogP contribution >= 0.6 is 0 Å². The lowest BCUT2D eigenvalue weighted by atomic mass is 10.0. The maximum atomic E-state index is 11.9. The Hall–Kier alpha value is -0.590. The summed E-state index contributed by atoms with van der Waals surface area (Å²) in [5.41, 5.74) is 0. The van der Waals surface area contributed by atoms with Crippen molar-refractivity contribution in [1.82, 2.24) is 0 Å². The first kappa shape index (κ1) is 28.4. The van der Waals surface area contributed by atoms with Crippen LogP contribution in [0.3, 0.4) is 0 Å². The van der Waals surface area contributed by atoms with Gasteiger partial charge in [0.05, 0.1) is 0 Å². The zero-order valence-electron chi connectivity index (χ0n) is 20.3. The van der Waals surface area contributed by atoms with Gasteiger partial charge in [-0.2, -0.15) is 0 Å². The Balaban J connectivity index is 3.17. The van der Waals surface area contributed by atoms with E-state index in [4.69, 9.17) is 0 Å². The molecule has 0 N–H and O–H groups in total. The first-order valence-corrected chi connectivity index (χ1v) is 13.5. The van der Waals surface area contributed by atoms with Gasteiger partial charge in [-0.25, -0.2) is 0 Å². The van der Waals surface area contributed by atoms with Gasteiger partial charge in [-0.1, -0.05) is 122 Å². The molecule has 0 aliphatic rings. The quantitative estimate of drug-likeness (QED) is 0.115. The molecule has 0 aliphatic heterocycles. The van der Waals surface area contributed by atoms with Crippen molar-refractivity contribution in [3.05, 3.63) is 12.2 Å². The van der Waals surface area contributed by atoms with E-state index in [9.17, 15) is 4.79 Å². The Morgan fingerprint density at radius 1 is 0.448 bits per heavy atom. The molecule has 0 saturated carbocycles. The van der Waals surface area contributed by atoms with Crippen molar-refractivity contribution >= 4 is 5.78 Å². The summed E-state index contributed by atoms with van der Waals surface area (Å²) in [5.74, 6) is 0.508. The standard InChI is InChI=1S/C28H54O/c1-3-5-7-9-11-12-13-14-15-16-17-18-19-20-21-23-25-27-28(29)26-24-22-10-8-6-4-2/h14-15H,3-13,16-27H2,1-2H3/b15-14-. The molecule has 0 aromatic rings. The molecule has 1 heteroatoms. The number of Topliss-reactive ketones (excluding diaryl/α,β-unsaturated/α-hetero) is 1. The summed E-state index contributed by atoms with van der Waals surface area (Å²) < 4.78 is 0. The molecule has 0 fully saturated rings. The average molecular weight is 407 g/mol. The molecule has 0 saturated heterocycles. The highest BCUT2D eigenvalue weighted by Crippen LogP contribution is 2.13. The number of rotatable bonds is 24. The van der Waals surface area contributed by atoms with Gasteiger partial charge < -0.3 is 0 Å². The Morgan fingerprint density at radius 2 is 0.759 bits per heavy atom. The van der Waals surface area contributed by atoms with Gasteiger partial charge in [0.1, 0.15) is 5.78 Å². The molecule has 29 heavy (non-hydrogen) atoms. The fourth-order valence-electron chi connectivity index (χ4n) is 3.97. The minimum Gasteiger partial charge on any atom is -0.300 e. The SMILES string of the molecule is CCCCCCCC/C=C\CCCCCCCCCC(=O)CCCCCCCC. The van der Waals surface area contributed by atoms with Gasteiger partial charge in [0.25, 0.3) is 0 Å². The third-order valence-electron chi connectivity index (χ3n) is 6.03. The summed E-state index contributed by atoms with van der Waals surface area (Å²) >= 11 is 0. The van der Waals surface area contributed by atoms with Crippen LogP contribution in [-0.4, -0.2) is 5.78 Å². The molecule has 0 aliphatic carbocycles. The minimum absolute atomic E-state index is 0.508. The van der Waals surface area contributed by atoms with Gasteiger partial charge in [0.2, 0.25) is 0 Å². The van der Waals surface area contributed by atoms with Crippen LogP contribution in [0.1, 0.15) is 162 Å². The molecule has 0 amide bonds. The van der Waals surface area contributed by atoms with Crippen LogP contribution in [0.2, 0.25) is 0 Å². The molecule has 1 nitrogen and oxygen atoms in total. The van der Waals surface area contributed by atoms with E-state index in [0.29, 0.717) is 5.78 Å². The van der Waals surface area contributed by atoms with Crippen molar-refractivity contribution in [2.45, 2.75) is 162 Å². The third kappa shape index (κ3) is 25.4. The van der Waals surface area contributed by atoms with Gasteiger partial charge >= 0.3 is 0 Å². The highest BCUT2D eigenvalue weighted by molar-refractivity contribution is 5.78. The van der Waals surface area contributed by atoms with Gasteiger partial charge in [-0.3, -0.25) is 4.79 Å². The van der Waals surface area contributed by atoms with E-state index in [1.807, 2.05) is 0 Å². The topological polar surface area (TPSA) is 17.1 Å². The average Bonchev–Trinajstić information content (AvgIpc) is 2.73. The fraction of sp³-hybridized carbons (Fsp3) is 0.893. The largest absolute Gasteiger partial charge is 0.300 e. The van der Waals surface area contributed by atoms with Gasteiger partial charge in [-0.05, 0) is 38.5 Å². The van der Waals surface area contributed by atoms with Crippen molar-refractivity contribution in [3.8, 4) is 0 Å². The minimum atomic E-state index is 0.508. The second kappa shape index (κ2) is 25.4. The number of unbranched alkanes of at least 4 members (excludes halogenated alkanes) is 18. The van der Waals surface area contributed by atoms with E-state index in [1.165, 1.54) is 122 Å². The van der Waals surface area contributed by atoms with Crippen LogP contribution in [0.5, 0.6) is 0 Å². The molecule has 0 aromatic heterocycles. The van der Waals surface area contributed by atoms with Gasteiger partial charge in [-0.15, -0.1) is 0 Å². The number of allylic oxidation sites excluding steroid dienone is 2. The van der Waals surface area contributed by atoms with Crippen molar-refractivity contribution in [1.29, 1.82) is 0 Å². The lowest BCUT2D eigenvalue weighted by Gasteiger charge is -2.03. The molecular formula is C28H54O. The number of hydrogen-bond acceptors (Lipinski definition) is 1. The van der Waals surface area contributed by atoms with E-state index in [-0.39, 0.29) is 0 Å². The smallest absolute Gasteiger partial charge is 0.132 e. The molecule has 172 valence electrons. The molecule has 0 spiro atoms. The van der Waals surface area contributed by atoms with Crippen molar-refractivity contribution < 1.29 is 4.79 Å². The van der Waals surface area contributed by atoms with Crippen LogP contribution < -0.4 is 0 Å². The summed E-state index contributed by atoms with van der Waals surface area (Å²) in [6, 6.07) is 0. The second-order valence-electron chi connectivity index (χ2n) is 9.10. The number of carbonyl (C=O) groups is 1. The molecular weight excluding hydrogens is 352 g/mol. The van der Waals surface area contributed by atoms with Crippen molar-refractivity contribution in [2.24, 2.45) is 0 Å². The number of ketones is 1.